The fraction of sp³-hybridized carbons (Fsp3) is 0.786. The van der Waals surface area contributed by atoms with E-state index in [-0.39, 0.29) is 5.41 Å². The van der Waals surface area contributed by atoms with Gasteiger partial charge in [0, 0.05) is 24.0 Å². The third-order valence-electron chi connectivity index (χ3n) is 2.73. The molecular weight excluding hydrogens is 226 g/mol. The van der Waals surface area contributed by atoms with Crippen molar-refractivity contribution in [2.24, 2.45) is 5.41 Å². The highest BCUT2D eigenvalue weighted by Crippen LogP contribution is 2.18. The Labute approximate surface area is 111 Å². The lowest BCUT2D eigenvalue weighted by atomic mass is 9.94. The van der Waals surface area contributed by atoms with Crippen LogP contribution in [-0.4, -0.2) is 29.0 Å². The fourth-order valence-electron chi connectivity index (χ4n) is 1.49. The maximum atomic E-state index is 5.81. The van der Waals surface area contributed by atoms with E-state index in [2.05, 4.69) is 52.0 Å². The van der Waals surface area contributed by atoms with Gasteiger partial charge in [-0.15, -0.1) is 0 Å². The lowest BCUT2D eigenvalue weighted by molar-refractivity contribution is 0.173. The first-order valence-electron chi connectivity index (χ1n) is 6.70. The smallest absolute Gasteiger partial charge is 0.157 e. The maximum absolute atomic E-state index is 5.81. The zero-order valence-electron chi connectivity index (χ0n) is 12.5. The second-order valence-corrected chi connectivity index (χ2v) is 6.24. The van der Waals surface area contributed by atoms with Gasteiger partial charge in [0.25, 0.3) is 0 Å². The summed E-state index contributed by atoms with van der Waals surface area (Å²) in [6.07, 6.45) is 3.74. The molecule has 18 heavy (non-hydrogen) atoms. The fourth-order valence-corrected chi connectivity index (χ4v) is 1.49. The largest absolute Gasteiger partial charge is 0.490 e. The van der Waals surface area contributed by atoms with Crippen LogP contribution in [0.1, 0.15) is 47.6 Å². The number of aromatic nitrogens is 2. The van der Waals surface area contributed by atoms with E-state index >= 15 is 0 Å². The predicted molar refractivity (Wildman–Crippen MR) is 75.0 cm³/mol. The van der Waals surface area contributed by atoms with Crippen LogP contribution in [0.5, 0.6) is 5.75 Å². The summed E-state index contributed by atoms with van der Waals surface area (Å²) >= 11 is 0. The van der Waals surface area contributed by atoms with E-state index in [1.54, 1.807) is 6.20 Å². The summed E-state index contributed by atoms with van der Waals surface area (Å²) in [5.41, 5.74) is 0.115. The van der Waals surface area contributed by atoms with Crippen molar-refractivity contribution in [1.29, 1.82) is 0 Å². The van der Waals surface area contributed by atoms with E-state index in [9.17, 15) is 0 Å². The number of hydrogen-bond donors (Lipinski definition) is 1. The van der Waals surface area contributed by atoms with E-state index in [0.717, 1.165) is 12.3 Å². The molecule has 1 aromatic heterocycles. The molecule has 0 unspecified atom stereocenters. The monoisotopic (exact) mass is 253 g/mol. The normalized spacial score (nSPS) is 12.4. The van der Waals surface area contributed by atoms with Crippen LogP contribution in [0.25, 0.3) is 0 Å². The Kier molecular flexibility index (Phi) is 5.20. The van der Waals surface area contributed by atoms with Crippen molar-refractivity contribution in [3.63, 3.8) is 0 Å². The molecule has 0 amide bonds. The molecule has 0 saturated carbocycles. The zero-order chi connectivity index (χ0) is 13.8. The SMILES string of the molecule is CC(C)NCC(C)(C)COc1cnn(C(C)C)c1. The first kappa shape index (κ1) is 15.0. The van der Waals surface area contributed by atoms with E-state index in [1.165, 1.54) is 0 Å². The van der Waals surface area contributed by atoms with Crippen LogP contribution in [0.2, 0.25) is 0 Å². The molecule has 0 fully saturated rings. The Morgan fingerprint density at radius 3 is 2.50 bits per heavy atom. The van der Waals surface area contributed by atoms with Gasteiger partial charge in [-0.2, -0.15) is 5.10 Å². The Morgan fingerprint density at radius 2 is 2.00 bits per heavy atom. The van der Waals surface area contributed by atoms with Crippen LogP contribution >= 0.6 is 0 Å². The van der Waals surface area contributed by atoms with Crippen LogP contribution in [0.15, 0.2) is 12.4 Å². The van der Waals surface area contributed by atoms with Crippen molar-refractivity contribution in [2.45, 2.75) is 53.6 Å². The van der Waals surface area contributed by atoms with Gasteiger partial charge in [-0.3, -0.25) is 4.68 Å². The first-order valence-corrected chi connectivity index (χ1v) is 6.70. The summed E-state index contributed by atoms with van der Waals surface area (Å²) in [6.45, 7) is 14.6. The molecule has 1 rings (SSSR count). The Hall–Kier alpha value is -1.03. The third kappa shape index (κ3) is 5.08. The van der Waals surface area contributed by atoms with Crippen molar-refractivity contribution < 1.29 is 4.74 Å². The van der Waals surface area contributed by atoms with Gasteiger partial charge >= 0.3 is 0 Å². The molecule has 0 atom stereocenters. The number of ether oxygens (including phenoxy) is 1. The minimum Gasteiger partial charge on any atom is -0.490 e. The maximum Gasteiger partial charge on any atom is 0.157 e. The summed E-state index contributed by atoms with van der Waals surface area (Å²) in [5, 5.41) is 7.71. The van der Waals surface area contributed by atoms with E-state index in [0.29, 0.717) is 18.7 Å². The molecule has 1 N–H and O–H groups in total. The topological polar surface area (TPSA) is 39.1 Å². The molecule has 0 aliphatic carbocycles. The van der Waals surface area contributed by atoms with Gasteiger partial charge in [0.15, 0.2) is 5.75 Å². The molecular formula is C14H27N3O. The summed E-state index contributed by atoms with van der Waals surface area (Å²) in [4.78, 5) is 0. The van der Waals surface area contributed by atoms with Crippen LogP contribution in [0.3, 0.4) is 0 Å². The predicted octanol–water partition coefficient (Wildman–Crippen LogP) is 2.87. The van der Waals surface area contributed by atoms with Crippen LogP contribution in [0.4, 0.5) is 0 Å². The highest BCUT2D eigenvalue weighted by molar-refractivity contribution is 5.12. The summed E-state index contributed by atoms with van der Waals surface area (Å²) in [6, 6.07) is 0.880. The molecule has 0 spiro atoms. The molecule has 4 nitrogen and oxygen atoms in total. The Balaban J connectivity index is 2.43. The Morgan fingerprint density at radius 1 is 1.33 bits per heavy atom. The summed E-state index contributed by atoms with van der Waals surface area (Å²) in [7, 11) is 0. The quantitative estimate of drug-likeness (QED) is 0.812. The molecule has 0 aliphatic rings. The average molecular weight is 253 g/mol. The first-order chi connectivity index (χ1) is 8.30. The van der Waals surface area contributed by atoms with E-state index in [1.807, 2.05) is 10.9 Å². The highest BCUT2D eigenvalue weighted by Gasteiger charge is 2.19. The number of nitrogens with zero attached hydrogens (tertiary/aromatic N) is 2. The van der Waals surface area contributed by atoms with Gasteiger partial charge < -0.3 is 10.1 Å². The number of hydrogen-bond acceptors (Lipinski definition) is 3. The molecule has 0 saturated heterocycles. The lowest BCUT2D eigenvalue weighted by Crippen LogP contribution is -2.37. The highest BCUT2D eigenvalue weighted by atomic mass is 16.5. The third-order valence-corrected chi connectivity index (χ3v) is 2.73. The van der Waals surface area contributed by atoms with Crippen LogP contribution in [0, 0.1) is 5.41 Å². The van der Waals surface area contributed by atoms with Gasteiger partial charge in [0.05, 0.1) is 19.0 Å². The molecule has 1 heterocycles. The van der Waals surface area contributed by atoms with Crippen LogP contribution < -0.4 is 10.1 Å². The second kappa shape index (κ2) is 6.23. The van der Waals surface area contributed by atoms with Gasteiger partial charge in [0.2, 0.25) is 0 Å². The molecule has 0 radical (unpaired) electrons. The molecule has 4 heteroatoms. The van der Waals surface area contributed by atoms with Gasteiger partial charge in [0.1, 0.15) is 0 Å². The van der Waals surface area contributed by atoms with E-state index < -0.39 is 0 Å². The number of rotatable bonds is 7. The minimum atomic E-state index is 0.115. The molecule has 104 valence electrons. The average Bonchev–Trinajstić information content (AvgIpc) is 2.73. The molecule has 0 aliphatic heterocycles. The Bertz CT molecular complexity index is 356. The zero-order valence-corrected chi connectivity index (χ0v) is 12.5. The van der Waals surface area contributed by atoms with Crippen molar-refractivity contribution in [2.75, 3.05) is 13.2 Å². The van der Waals surface area contributed by atoms with Crippen molar-refractivity contribution in [1.82, 2.24) is 15.1 Å². The van der Waals surface area contributed by atoms with Gasteiger partial charge in [-0.1, -0.05) is 27.7 Å². The van der Waals surface area contributed by atoms with Gasteiger partial charge in [-0.05, 0) is 13.8 Å². The lowest BCUT2D eigenvalue weighted by Gasteiger charge is -2.26. The molecule has 1 aromatic rings. The molecule has 0 bridgehead atoms. The number of nitrogens with one attached hydrogen (secondary N) is 1. The van der Waals surface area contributed by atoms with Crippen molar-refractivity contribution >= 4 is 0 Å². The second-order valence-electron chi connectivity index (χ2n) is 6.24. The van der Waals surface area contributed by atoms with Crippen molar-refractivity contribution in [3.05, 3.63) is 12.4 Å². The van der Waals surface area contributed by atoms with Gasteiger partial charge in [-0.25, -0.2) is 0 Å². The molecule has 0 aromatic carbocycles. The summed E-state index contributed by atoms with van der Waals surface area (Å²) in [5.74, 6) is 0.848. The van der Waals surface area contributed by atoms with Crippen molar-refractivity contribution in [3.8, 4) is 5.75 Å². The standard InChI is InChI=1S/C14H27N3O/c1-11(2)15-9-14(5,6)10-18-13-7-16-17(8-13)12(3)4/h7-8,11-12,15H,9-10H2,1-6H3. The van der Waals surface area contributed by atoms with Crippen LogP contribution in [-0.2, 0) is 0 Å². The minimum absolute atomic E-state index is 0.115. The summed E-state index contributed by atoms with van der Waals surface area (Å²) < 4.78 is 7.72. The van der Waals surface area contributed by atoms with E-state index in [4.69, 9.17) is 4.74 Å².